The van der Waals surface area contributed by atoms with E-state index in [2.05, 4.69) is 171 Å². The Morgan fingerprint density at radius 2 is 0.640 bits per heavy atom. The molecule has 0 radical (unpaired) electrons. The van der Waals surface area contributed by atoms with E-state index in [0.29, 0.717) is 0 Å². The standard InChI is InChI=1S/C42H63Si4.3ClH.Ti/c1-27-20-23-30(4)39(36(27)43(11,12)13)46(42(10)26-33(7)34(8)35(42)9,40-31(5)24-21-28(2)37(40)44(14,15)16)41-32(6)25-22-29(3)38(41)45(17,18)19;;;;/h20-25H,1-19H3;3*1H;/q-1;;;;+4/p-3. The second kappa shape index (κ2) is 16.5. The molecule has 0 fully saturated rings. The summed E-state index contributed by atoms with van der Waals surface area (Å²) in [5, 5.41) is 9.97. The summed E-state index contributed by atoms with van der Waals surface area (Å²) in [6.45, 7) is 47.8. The van der Waals surface area contributed by atoms with Crippen LogP contribution in [0.1, 0.15) is 61.1 Å². The number of halogens is 3. The topological polar surface area (TPSA) is 0 Å². The summed E-state index contributed by atoms with van der Waals surface area (Å²) in [7, 11) is -8.59. The molecule has 8 heteroatoms. The van der Waals surface area contributed by atoms with E-state index in [-0.39, 0.29) is 64.0 Å². The molecule has 3 aromatic carbocycles. The number of aryl methyl sites for hydroxylation is 6. The first-order valence-electron chi connectivity index (χ1n) is 17.5. The van der Waals surface area contributed by atoms with Crippen molar-refractivity contribution in [3.63, 3.8) is 0 Å². The van der Waals surface area contributed by atoms with Gasteiger partial charge in [-0.15, -0.1) is 6.92 Å². The van der Waals surface area contributed by atoms with Crippen LogP contribution in [-0.2, 0) is 21.7 Å². The van der Waals surface area contributed by atoms with Gasteiger partial charge in [-0.25, -0.2) is 5.57 Å². The van der Waals surface area contributed by atoms with E-state index in [9.17, 15) is 0 Å². The molecule has 272 valence electrons. The minimum Gasteiger partial charge on any atom is -1.00 e. The van der Waals surface area contributed by atoms with Crippen LogP contribution in [0, 0.1) is 47.6 Å². The van der Waals surface area contributed by atoms with Gasteiger partial charge in [-0.2, -0.15) is 11.1 Å². The normalized spacial score (nSPS) is 16.6. The maximum atomic E-state index is 4.39. The van der Waals surface area contributed by atoms with Gasteiger partial charge in [-0.1, -0.05) is 170 Å². The summed E-state index contributed by atoms with van der Waals surface area (Å²) in [6.07, 6.45) is 4.39. The van der Waals surface area contributed by atoms with E-state index in [1.165, 1.54) is 50.1 Å². The third-order valence-corrected chi connectivity index (χ3v) is 24.7. The Balaban J connectivity index is 0.00000600. The molecule has 1 aliphatic rings. The molecular weight excluding hydrogens is 771 g/mol. The minimum absolute atomic E-state index is 0. The molecule has 0 spiro atoms. The number of hydrogen-bond donors (Lipinski definition) is 0. The average Bonchev–Trinajstić information content (AvgIpc) is 3.10. The summed E-state index contributed by atoms with van der Waals surface area (Å²) in [5.74, 6) is 0. The zero-order chi connectivity index (χ0) is 35.1. The zero-order valence-electron chi connectivity index (χ0n) is 34.6. The Labute approximate surface area is 345 Å². The van der Waals surface area contributed by atoms with Gasteiger partial charge < -0.3 is 37.2 Å². The van der Waals surface area contributed by atoms with Crippen molar-refractivity contribution in [3.05, 3.63) is 92.6 Å². The van der Waals surface area contributed by atoms with Crippen molar-refractivity contribution < 1.29 is 58.9 Å². The Kier molecular flexibility index (Phi) is 16.4. The van der Waals surface area contributed by atoms with Crippen molar-refractivity contribution in [2.24, 2.45) is 0 Å². The van der Waals surface area contributed by atoms with Crippen molar-refractivity contribution in [2.75, 3.05) is 0 Å². The number of hydrogen-bond acceptors (Lipinski definition) is 0. The van der Waals surface area contributed by atoms with Crippen LogP contribution in [0.4, 0.5) is 0 Å². The molecule has 0 bridgehead atoms. The van der Waals surface area contributed by atoms with Crippen molar-refractivity contribution >= 4 is 63.4 Å². The van der Waals surface area contributed by atoms with Gasteiger partial charge in [0, 0.05) is 0 Å². The van der Waals surface area contributed by atoms with E-state index < -0.39 is 32.3 Å². The van der Waals surface area contributed by atoms with Gasteiger partial charge in [0.05, 0.1) is 24.2 Å². The molecular formula is C42H63Cl3Si4Ti. The van der Waals surface area contributed by atoms with Crippen LogP contribution in [0.3, 0.4) is 0 Å². The fraction of sp³-hybridized carbons (Fsp3) is 0.476. The Hall–Kier alpha value is -0.408. The molecule has 0 amide bonds. The predicted octanol–water partition coefficient (Wildman–Crippen LogP) is -0.488. The molecule has 3 aromatic rings. The SMILES string of the molecule is CC1=[C-]C(C)([Si](c2c(C)ccc(C)c2[Si](C)(C)C)(c2c(C)ccc(C)c2[Si](C)(C)C)c2c(C)ccc(C)c2[Si](C)(C)C)C(C)=C1C.[Cl-].[Cl-].[Cl-].[Ti+4]. The second-order valence-corrected chi connectivity index (χ2v) is 37.0. The van der Waals surface area contributed by atoms with Gasteiger partial charge in [0.25, 0.3) is 0 Å². The predicted molar refractivity (Wildman–Crippen MR) is 221 cm³/mol. The second-order valence-electron chi connectivity index (χ2n) is 18.0. The molecule has 0 aromatic heterocycles. The fourth-order valence-corrected chi connectivity index (χ4v) is 28.3. The van der Waals surface area contributed by atoms with Crippen LogP contribution < -0.4 is 68.3 Å². The molecule has 1 unspecified atom stereocenters. The van der Waals surface area contributed by atoms with Crippen LogP contribution >= 0.6 is 0 Å². The third kappa shape index (κ3) is 7.87. The van der Waals surface area contributed by atoms with Crippen LogP contribution in [0.2, 0.25) is 64.0 Å². The number of rotatable bonds is 7. The van der Waals surface area contributed by atoms with Crippen molar-refractivity contribution in [1.29, 1.82) is 0 Å². The largest absolute Gasteiger partial charge is 4.00 e. The number of allylic oxidation sites excluding steroid dienone is 4. The summed E-state index contributed by atoms with van der Waals surface area (Å²) < 4.78 is 0. The smallest absolute Gasteiger partial charge is 1.00 e. The first-order valence-corrected chi connectivity index (χ1v) is 30.0. The Morgan fingerprint density at radius 1 is 0.420 bits per heavy atom. The molecule has 1 aliphatic carbocycles. The molecule has 0 heterocycles. The van der Waals surface area contributed by atoms with E-state index in [0.717, 1.165) is 0 Å². The maximum Gasteiger partial charge on any atom is 4.00 e. The third-order valence-electron chi connectivity index (χ3n) is 11.3. The average molecular weight is 835 g/mol. The molecule has 0 aliphatic heterocycles. The van der Waals surface area contributed by atoms with Gasteiger partial charge in [-0.3, -0.25) is 6.08 Å². The Bertz CT molecular complexity index is 1640. The van der Waals surface area contributed by atoms with E-state index in [1.54, 1.807) is 31.1 Å². The monoisotopic (exact) mass is 832 g/mol. The molecule has 0 saturated heterocycles. The minimum atomic E-state index is -3.04. The van der Waals surface area contributed by atoms with Crippen molar-refractivity contribution in [3.8, 4) is 0 Å². The molecule has 50 heavy (non-hydrogen) atoms. The number of benzene rings is 3. The van der Waals surface area contributed by atoms with Gasteiger partial charge in [0.2, 0.25) is 0 Å². The van der Waals surface area contributed by atoms with Crippen LogP contribution in [0.25, 0.3) is 0 Å². The molecule has 0 N–H and O–H groups in total. The Morgan fingerprint density at radius 3 is 0.820 bits per heavy atom. The van der Waals surface area contributed by atoms with E-state index in [1.807, 2.05) is 0 Å². The molecule has 0 nitrogen and oxygen atoms in total. The van der Waals surface area contributed by atoms with Crippen LogP contribution in [-0.4, -0.2) is 32.3 Å². The van der Waals surface area contributed by atoms with E-state index >= 15 is 0 Å². The first kappa shape index (κ1) is 49.6. The van der Waals surface area contributed by atoms with Crippen molar-refractivity contribution in [1.82, 2.24) is 0 Å². The first-order chi connectivity index (χ1) is 20.8. The summed E-state index contributed by atoms with van der Waals surface area (Å²) in [5.41, 5.74) is 13.2. The fourth-order valence-electron chi connectivity index (χ4n) is 9.50. The molecule has 4 rings (SSSR count). The maximum absolute atomic E-state index is 4.39. The van der Waals surface area contributed by atoms with Crippen LogP contribution in [0.15, 0.2) is 53.1 Å². The quantitative estimate of drug-likeness (QED) is 0.172. The summed E-state index contributed by atoms with van der Waals surface area (Å²) in [4.78, 5) is 0. The van der Waals surface area contributed by atoms with E-state index in [4.69, 9.17) is 0 Å². The molecule has 0 saturated carbocycles. The van der Waals surface area contributed by atoms with Gasteiger partial charge in [0.1, 0.15) is 8.07 Å². The van der Waals surface area contributed by atoms with Gasteiger partial charge in [-0.05, 0) is 57.1 Å². The molecule has 1 atom stereocenters. The zero-order valence-corrected chi connectivity index (χ0v) is 42.4. The van der Waals surface area contributed by atoms with Crippen molar-refractivity contribution in [2.45, 2.75) is 133 Å². The van der Waals surface area contributed by atoms with Gasteiger partial charge in [0.15, 0.2) is 0 Å². The van der Waals surface area contributed by atoms with Gasteiger partial charge >= 0.3 is 21.7 Å². The summed E-state index contributed by atoms with van der Waals surface area (Å²) in [6, 6.07) is 14.8. The summed E-state index contributed by atoms with van der Waals surface area (Å²) >= 11 is 0. The van der Waals surface area contributed by atoms with Crippen LogP contribution in [0.5, 0.6) is 0 Å².